The first kappa shape index (κ1) is 15.9. The smallest absolute Gasteiger partial charge is 0.258 e. The first-order chi connectivity index (χ1) is 12.7. The predicted molar refractivity (Wildman–Crippen MR) is 96.6 cm³/mol. The second-order valence-corrected chi connectivity index (χ2v) is 5.85. The summed E-state index contributed by atoms with van der Waals surface area (Å²) in [7, 11) is 0. The average molecular weight is 348 g/mol. The van der Waals surface area contributed by atoms with Crippen molar-refractivity contribution in [2.24, 2.45) is 0 Å². The number of nitrogens with one attached hydrogen (secondary N) is 2. The maximum Gasteiger partial charge on any atom is 0.258 e. The van der Waals surface area contributed by atoms with Crippen molar-refractivity contribution < 1.29 is 4.79 Å². The van der Waals surface area contributed by atoms with Crippen LogP contribution in [0.1, 0.15) is 5.82 Å². The van der Waals surface area contributed by atoms with Crippen LogP contribution in [-0.2, 0) is 17.8 Å². The Morgan fingerprint density at radius 3 is 2.38 bits per heavy atom. The summed E-state index contributed by atoms with van der Waals surface area (Å²) >= 11 is 0. The Morgan fingerprint density at radius 1 is 1.00 bits per heavy atom. The van der Waals surface area contributed by atoms with E-state index in [4.69, 9.17) is 0 Å². The van der Waals surface area contributed by atoms with Crippen molar-refractivity contribution in [1.82, 2.24) is 30.3 Å². The van der Waals surface area contributed by atoms with Crippen LogP contribution in [0.15, 0.2) is 53.3 Å². The third kappa shape index (κ3) is 3.30. The molecule has 1 amide bonds. The zero-order valence-electron chi connectivity index (χ0n) is 13.8. The van der Waals surface area contributed by atoms with Crippen LogP contribution in [0.2, 0.25) is 0 Å². The van der Waals surface area contributed by atoms with Gasteiger partial charge < -0.3 is 10.3 Å². The standard InChI is InChI=1S/C18H16N6O2/c25-17(11-24-22-14-7-3-4-8-15(14)23-24)19-10-9-16-20-13-6-2-1-5-12(13)18(26)21-16/h1-8H,9-11H2,(H,19,25)(H,20,21,26). The lowest BCUT2D eigenvalue weighted by atomic mass is 10.2. The lowest BCUT2D eigenvalue weighted by Crippen LogP contribution is -2.30. The fourth-order valence-corrected chi connectivity index (χ4v) is 2.73. The van der Waals surface area contributed by atoms with Crippen LogP contribution < -0.4 is 10.9 Å². The molecule has 4 aromatic rings. The minimum atomic E-state index is -0.201. The van der Waals surface area contributed by atoms with Gasteiger partial charge in [-0.1, -0.05) is 24.3 Å². The number of nitrogens with zero attached hydrogens (tertiary/aromatic N) is 4. The van der Waals surface area contributed by atoms with Crippen LogP contribution in [-0.4, -0.2) is 37.4 Å². The highest BCUT2D eigenvalue weighted by Crippen LogP contribution is 2.07. The predicted octanol–water partition coefficient (Wildman–Crippen LogP) is 1.03. The van der Waals surface area contributed by atoms with Crippen LogP contribution in [0.25, 0.3) is 21.9 Å². The molecule has 0 fully saturated rings. The molecule has 0 spiro atoms. The largest absolute Gasteiger partial charge is 0.354 e. The van der Waals surface area contributed by atoms with E-state index in [1.165, 1.54) is 4.80 Å². The first-order valence-electron chi connectivity index (χ1n) is 8.23. The molecule has 26 heavy (non-hydrogen) atoms. The molecule has 0 saturated carbocycles. The minimum absolute atomic E-state index is 0.0380. The summed E-state index contributed by atoms with van der Waals surface area (Å²) in [4.78, 5) is 32.6. The number of amides is 1. The van der Waals surface area contributed by atoms with Gasteiger partial charge in [-0.3, -0.25) is 9.59 Å². The molecule has 2 aromatic heterocycles. The molecule has 2 aromatic carbocycles. The SMILES string of the molecule is O=C(Cn1nc2ccccc2n1)NCCc1nc2ccccc2c(=O)[nH]1. The number of fused-ring (bicyclic) bond motifs is 2. The number of benzene rings is 2. The summed E-state index contributed by atoms with van der Waals surface area (Å²) in [6.45, 7) is 0.400. The molecule has 0 aliphatic rings. The fraction of sp³-hybridized carbons (Fsp3) is 0.167. The van der Waals surface area contributed by atoms with Gasteiger partial charge in [-0.05, 0) is 24.3 Å². The Hall–Kier alpha value is -3.55. The van der Waals surface area contributed by atoms with E-state index in [-0.39, 0.29) is 18.0 Å². The van der Waals surface area contributed by atoms with Crippen LogP contribution >= 0.6 is 0 Å². The number of H-pyrrole nitrogens is 1. The van der Waals surface area contributed by atoms with E-state index in [1.807, 2.05) is 30.3 Å². The van der Waals surface area contributed by atoms with Gasteiger partial charge in [-0.25, -0.2) is 4.98 Å². The average Bonchev–Trinajstić information content (AvgIpc) is 3.04. The summed E-state index contributed by atoms with van der Waals surface area (Å²) in [5.74, 6) is 0.338. The third-order valence-electron chi connectivity index (χ3n) is 3.96. The van der Waals surface area contributed by atoms with Crippen LogP contribution in [0.4, 0.5) is 0 Å². The number of aromatic nitrogens is 5. The van der Waals surface area contributed by atoms with Gasteiger partial charge >= 0.3 is 0 Å². The summed E-state index contributed by atoms with van der Waals surface area (Å²) < 4.78 is 0. The molecule has 8 nitrogen and oxygen atoms in total. The van der Waals surface area contributed by atoms with Crippen molar-refractivity contribution in [1.29, 1.82) is 0 Å². The Kier molecular flexibility index (Phi) is 4.14. The van der Waals surface area contributed by atoms with Crippen molar-refractivity contribution in [2.45, 2.75) is 13.0 Å². The molecule has 2 N–H and O–H groups in total. The number of rotatable bonds is 5. The third-order valence-corrected chi connectivity index (χ3v) is 3.96. The van der Waals surface area contributed by atoms with Gasteiger partial charge in [0, 0.05) is 13.0 Å². The van der Waals surface area contributed by atoms with Crippen molar-refractivity contribution in [3.05, 3.63) is 64.7 Å². The van der Waals surface area contributed by atoms with E-state index in [0.29, 0.717) is 29.7 Å². The van der Waals surface area contributed by atoms with E-state index in [1.54, 1.807) is 18.2 Å². The minimum Gasteiger partial charge on any atom is -0.354 e. The Labute approximate surface area is 147 Å². The molecule has 0 saturated heterocycles. The van der Waals surface area contributed by atoms with Crippen molar-refractivity contribution >= 4 is 27.8 Å². The molecule has 8 heteroatoms. The van der Waals surface area contributed by atoms with Crippen LogP contribution in [0.3, 0.4) is 0 Å². The maximum absolute atomic E-state index is 12.1. The molecular formula is C18H16N6O2. The highest BCUT2D eigenvalue weighted by molar-refractivity contribution is 5.78. The molecule has 2 heterocycles. The van der Waals surface area contributed by atoms with Crippen molar-refractivity contribution in [3.8, 4) is 0 Å². The number of carbonyl (C=O) groups is 1. The summed E-state index contributed by atoms with van der Waals surface area (Å²) in [5.41, 5.74) is 1.96. The number of hydrogen-bond donors (Lipinski definition) is 2. The molecule has 4 rings (SSSR count). The molecule has 130 valence electrons. The topological polar surface area (TPSA) is 106 Å². The number of carbonyl (C=O) groups excluding carboxylic acids is 1. The van der Waals surface area contributed by atoms with Gasteiger partial charge in [0.2, 0.25) is 5.91 Å². The van der Waals surface area contributed by atoms with Gasteiger partial charge in [0.25, 0.3) is 5.56 Å². The fourth-order valence-electron chi connectivity index (χ4n) is 2.73. The number of para-hydroxylation sites is 1. The van der Waals surface area contributed by atoms with E-state index in [2.05, 4.69) is 25.5 Å². The normalized spacial score (nSPS) is 11.1. The Morgan fingerprint density at radius 2 is 1.65 bits per heavy atom. The Balaban J connectivity index is 1.37. The molecule has 0 bridgehead atoms. The van der Waals surface area contributed by atoms with Gasteiger partial charge in [0.15, 0.2) is 0 Å². The lowest BCUT2D eigenvalue weighted by molar-refractivity contribution is -0.122. The quantitative estimate of drug-likeness (QED) is 0.560. The van der Waals surface area contributed by atoms with E-state index >= 15 is 0 Å². The second kappa shape index (κ2) is 6.75. The highest BCUT2D eigenvalue weighted by atomic mass is 16.2. The molecule has 0 aliphatic carbocycles. The van der Waals surface area contributed by atoms with Gasteiger partial charge in [-0.2, -0.15) is 15.0 Å². The second-order valence-electron chi connectivity index (χ2n) is 5.85. The van der Waals surface area contributed by atoms with Gasteiger partial charge in [0.1, 0.15) is 23.4 Å². The highest BCUT2D eigenvalue weighted by Gasteiger charge is 2.08. The number of aromatic amines is 1. The molecule has 0 atom stereocenters. The maximum atomic E-state index is 12.1. The van der Waals surface area contributed by atoms with E-state index < -0.39 is 0 Å². The van der Waals surface area contributed by atoms with Crippen LogP contribution in [0.5, 0.6) is 0 Å². The van der Waals surface area contributed by atoms with Gasteiger partial charge in [-0.15, -0.1) is 0 Å². The first-order valence-corrected chi connectivity index (χ1v) is 8.23. The summed E-state index contributed by atoms with van der Waals surface area (Å²) in [5, 5.41) is 11.8. The molecular weight excluding hydrogens is 332 g/mol. The van der Waals surface area contributed by atoms with Gasteiger partial charge in [0.05, 0.1) is 10.9 Å². The summed E-state index contributed by atoms with van der Waals surface area (Å²) in [6.07, 6.45) is 0.431. The molecule has 0 unspecified atom stereocenters. The zero-order chi connectivity index (χ0) is 17.9. The lowest BCUT2D eigenvalue weighted by Gasteiger charge is -2.05. The van der Waals surface area contributed by atoms with E-state index in [9.17, 15) is 9.59 Å². The van der Waals surface area contributed by atoms with Crippen molar-refractivity contribution in [2.75, 3.05) is 6.54 Å². The number of hydrogen-bond acceptors (Lipinski definition) is 5. The zero-order valence-corrected chi connectivity index (χ0v) is 13.8. The molecule has 0 aliphatic heterocycles. The van der Waals surface area contributed by atoms with Crippen molar-refractivity contribution in [3.63, 3.8) is 0 Å². The van der Waals surface area contributed by atoms with E-state index in [0.717, 1.165) is 11.0 Å². The summed E-state index contributed by atoms with van der Waals surface area (Å²) in [6, 6.07) is 14.6. The molecule has 0 radical (unpaired) electrons. The Bertz CT molecular complexity index is 1110. The van der Waals surface area contributed by atoms with Crippen LogP contribution in [0, 0.1) is 0 Å². The monoisotopic (exact) mass is 348 g/mol.